The summed E-state index contributed by atoms with van der Waals surface area (Å²) in [5.74, 6) is -0.223. The Labute approximate surface area is 102 Å². The third-order valence-electron chi connectivity index (χ3n) is 2.19. The van der Waals surface area contributed by atoms with Gasteiger partial charge in [0.25, 0.3) is 0 Å². The van der Waals surface area contributed by atoms with Crippen molar-refractivity contribution in [2.45, 2.75) is 19.3 Å². The van der Waals surface area contributed by atoms with Gasteiger partial charge in [-0.05, 0) is 37.2 Å². The van der Waals surface area contributed by atoms with Crippen LogP contribution in [0.3, 0.4) is 0 Å². The fraction of sp³-hybridized carbons (Fsp3) is 0.273. The quantitative estimate of drug-likeness (QED) is 0.847. The Bertz CT molecular complexity index is 524. The number of aryl methyl sites for hydroxylation is 1. The number of hydrogen-bond donors (Lipinski definition) is 1. The van der Waals surface area contributed by atoms with E-state index in [1.807, 2.05) is 0 Å². The number of benzene rings is 1. The Morgan fingerprint density at radius 1 is 1.50 bits per heavy atom. The SMILES string of the molecule is OC(=S)CCCc1nc2cccc(F)c2s1. The Morgan fingerprint density at radius 3 is 3.00 bits per heavy atom. The second-order valence-electron chi connectivity index (χ2n) is 3.44. The maximum absolute atomic E-state index is 13.4. The first-order valence-electron chi connectivity index (χ1n) is 4.92. The normalized spacial score (nSPS) is 10.8. The van der Waals surface area contributed by atoms with Gasteiger partial charge in [0.05, 0.1) is 15.2 Å². The van der Waals surface area contributed by atoms with Gasteiger partial charge in [-0.2, -0.15) is 0 Å². The van der Waals surface area contributed by atoms with Crippen LogP contribution in [-0.4, -0.2) is 15.1 Å². The number of fused-ring (bicyclic) bond motifs is 1. The van der Waals surface area contributed by atoms with Gasteiger partial charge in [0, 0.05) is 6.42 Å². The van der Waals surface area contributed by atoms with Crippen LogP contribution in [0.15, 0.2) is 18.2 Å². The molecule has 2 aromatic rings. The van der Waals surface area contributed by atoms with Gasteiger partial charge in [0.2, 0.25) is 0 Å². The number of thiazole rings is 1. The van der Waals surface area contributed by atoms with Gasteiger partial charge in [-0.25, -0.2) is 9.37 Å². The summed E-state index contributed by atoms with van der Waals surface area (Å²) in [7, 11) is 0. The molecule has 0 radical (unpaired) electrons. The van der Waals surface area contributed by atoms with E-state index in [1.165, 1.54) is 17.4 Å². The molecule has 0 fully saturated rings. The molecule has 0 bridgehead atoms. The molecule has 0 aliphatic rings. The van der Waals surface area contributed by atoms with Crippen molar-refractivity contribution in [1.82, 2.24) is 4.98 Å². The number of aromatic nitrogens is 1. The molecular weight excluding hydrogens is 245 g/mol. The molecule has 1 N–H and O–H groups in total. The number of aliphatic hydroxyl groups excluding tert-OH is 1. The van der Waals surface area contributed by atoms with Crippen molar-refractivity contribution < 1.29 is 9.50 Å². The van der Waals surface area contributed by atoms with Crippen molar-refractivity contribution in [1.29, 1.82) is 0 Å². The zero-order valence-electron chi connectivity index (χ0n) is 8.44. The van der Waals surface area contributed by atoms with E-state index in [-0.39, 0.29) is 10.9 Å². The molecule has 0 aliphatic heterocycles. The summed E-state index contributed by atoms with van der Waals surface area (Å²) in [5, 5.41) is 9.77. The van der Waals surface area contributed by atoms with Crippen LogP contribution in [0.5, 0.6) is 0 Å². The second kappa shape index (κ2) is 4.84. The number of nitrogens with zero attached hydrogens (tertiary/aromatic N) is 1. The standard InChI is InChI=1S/C11H10FNOS2/c12-7-3-1-4-8-11(7)16-9(13-8)5-2-6-10(14)15/h1,3-4H,2,5-6H2,(H,14,15). The van der Waals surface area contributed by atoms with Crippen LogP contribution in [-0.2, 0) is 6.42 Å². The molecule has 0 amide bonds. The summed E-state index contributed by atoms with van der Waals surface area (Å²) < 4.78 is 14.0. The van der Waals surface area contributed by atoms with E-state index in [9.17, 15) is 4.39 Å². The minimum Gasteiger partial charge on any atom is -0.502 e. The second-order valence-corrected chi connectivity index (χ2v) is 5.00. The van der Waals surface area contributed by atoms with Crippen LogP contribution in [0, 0.1) is 5.82 Å². The molecule has 1 aromatic heterocycles. The van der Waals surface area contributed by atoms with Crippen LogP contribution in [0.2, 0.25) is 0 Å². The number of thiocarbonyl (C=S) groups is 1. The smallest absolute Gasteiger partial charge is 0.156 e. The summed E-state index contributed by atoms with van der Waals surface area (Å²) in [5.41, 5.74) is 0.701. The van der Waals surface area contributed by atoms with E-state index in [0.717, 1.165) is 17.8 Å². The molecule has 2 nitrogen and oxygen atoms in total. The van der Waals surface area contributed by atoms with Gasteiger partial charge in [-0.3, -0.25) is 0 Å². The first kappa shape index (κ1) is 11.4. The maximum atomic E-state index is 13.4. The molecular formula is C11H10FNOS2. The van der Waals surface area contributed by atoms with Gasteiger partial charge >= 0.3 is 0 Å². The van der Waals surface area contributed by atoms with E-state index in [2.05, 4.69) is 17.2 Å². The summed E-state index contributed by atoms with van der Waals surface area (Å²) in [6.07, 6.45) is 1.96. The van der Waals surface area contributed by atoms with Crippen molar-refractivity contribution in [2.75, 3.05) is 0 Å². The molecule has 84 valence electrons. The molecule has 0 saturated carbocycles. The molecule has 2 rings (SSSR count). The molecule has 1 aromatic carbocycles. The number of halogens is 1. The molecule has 0 aliphatic carbocycles. The Morgan fingerprint density at radius 2 is 2.31 bits per heavy atom. The maximum Gasteiger partial charge on any atom is 0.156 e. The highest BCUT2D eigenvalue weighted by Crippen LogP contribution is 2.25. The van der Waals surface area contributed by atoms with Crippen molar-refractivity contribution in [3.8, 4) is 0 Å². The van der Waals surface area contributed by atoms with Crippen LogP contribution < -0.4 is 0 Å². The lowest BCUT2D eigenvalue weighted by Crippen LogP contribution is -1.92. The van der Waals surface area contributed by atoms with Crippen molar-refractivity contribution in [2.24, 2.45) is 0 Å². The minimum absolute atomic E-state index is 0.0206. The summed E-state index contributed by atoms with van der Waals surface area (Å²) in [6.45, 7) is 0. The minimum atomic E-state index is -0.223. The number of hydrogen-bond acceptors (Lipinski definition) is 3. The van der Waals surface area contributed by atoms with Crippen molar-refractivity contribution >= 4 is 38.8 Å². The molecule has 1 heterocycles. The van der Waals surface area contributed by atoms with E-state index >= 15 is 0 Å². The van der Waals surface area contributed by atoms with Gasteiger partial charge in [-0.1, -0.05) is 6.07 Å². The highest BCUT2D eigenvalue weighted by atomic mass is 32.1. The summed E-state index contributed by atoms with van der Waals surface area (Å²) in [6, 6.07) is 4.90. The lowest BCUT2D eigenvalue weighted by atomic mass is 10.2. The third-order valence-corrected chi connectivity index (χ3v) is 3.54. The first-order valence-corrected chi connectivity index (χ1v) is 6.15. The van der Waals surface area contributed by atoms with E-state index < -0.39 is 0 Å². The average Bonchev–Trinajstić information content (AvgIpc) is 2.61. The van der Waals surface area contributed by atoms with Crippen LogP contribution in [0.25, 0.3) is 10.2 Å². The zero-order chi connectivity index (χ0) is 11.5. The first-order chi connectivity index (χ1) is 7.66. The van der Waals surface area contributed by atoms with Crippen LogP contribution in [0.1, 0.15) is 17.8 Å². The zero-order valence-corrected chi connectivity index (χ0v) is 10.1. The Kier molecular flexibility index (Phi) is 3.46. The lowest BCUT2D eigenvalue weighted by molar-refractivity contribution is 0.543. The van der Waals surface area contributed by atoms with E-state index in [4.69, 9.17) is 5.11 Å². The van der Waals surface area contributed by atoms with Crippen molar-refractivity contribution in [3.63, 3.8) is 0 Å². The molecule has 0 spiro atoms. The van der Waals surface area contributed by atoms with Gasteiger partial charge in [-0.15, -0.1) is 11.3 Å². The van der Waals surface area contributed by atoms with E-state index in [1.54, 1.807) is 12.1 Å². The van der Waals surface area contributed by atoms with Crippen LogP contribution in [0.4, 0.5) is 4.39 Å². The predicted molar refractivity (Wildman–Crippen MR) is 67.7 cm³/mol. The highest BCUT2D eigenvalue weighted by Gasteiger charge is 2.07. The molecule has 5 heteroatoms. The molecule has 0 atom stereocenters. The monoisotopic (exact) mass is 255 g/mol. The molecule has 0 saturated heterocycles. The third kappa shape index (κ3) is 2.54. The fourth-order valence-electron chi connectivity index (χ4n) is 1.46. The largest absolute Gasteiger partial charge is 0.502 e. The number of rotatable bonds is 4. The lowest BCUT2D eigenvalue weighted by Gasteiger charge is -1.93. The van der Waals surface area contributed by atoms with Crippen molar-refractivity contribution in [3.05, 3.63) is 29.0 Å². The summed E-state index contributed by atoms with van der Waals surface area (Å²) in [4.78, 5) is 4.32. The van der Waals surface area contributed by atoms with Gasteiger partial charge < -0.3 is 5.11 Å². The highest BCUT2D eigenvalue weighted by molar-refractivity contribution is 7.80. The van der Waals surface area contributed by atoms with Gasteiger partial charge in [0.15, 0.2) is 5.05 Å². The molecule has 16 heavy (non-hydrogen) atoms. The van der Waals surface area contributed by atoms with E-state index in [0.29, 0.717) is 16.6 Å². The van der Waals surface area contributed by atoms with Crippen LogP contribution >= 0.6 is 23.6 Å². The van der Waals surface area contributed by atoms with Gasteiger partial charge in [0.1, 0.15) is 5.82 Å². The Hall–Kier alpha value is -1.07. The average molecular weight is 255 g/mol. The molecule has 0 unspecified atom stereocenters. The topological polar surface area (TPSA) is 33.1 Å². The fourth-order valence-corrected chi connectivity index (χ4v) is 2.61. The number of aliphatic hydroxyl groups is 1. The summed E-state index contributed by atoms with van der Waals surface area (Å²) >= 11 is 5.94. The predicted octanol–water partition coefficient (Wildman–Crippen LogP) is 3.64. The Balaban J connectivity index is 2.14.